The molecule has 0 saturated carbocycles. The molecule has 1 aliphatic heterocycles. The summed E-state index contributed by atoms with van der Waals surface area (Å²) in [6.07, 6.45) is 8.04. The summed E-state index contributed by atoms with van der Waals surface area (Å²) in [5, 5.41) is 0. The molecule has 14 heavy (non-hydrogen) atoms. The van der Waals surface area contributed by atoms with E-state index in [4.69, 9.17) is 0 Å². The van der Waals surface area contributed by atoms with Crippen molar-refractivity contribution in [3.05, 3.63) is 12.2 Å². The molecule has 2 aliphatic rings. The fourth-order valence-corrected chi connectivity index (χ4v) is 2.18. The Morgan fingerprint density at radius 1 is 1.29 bits per heavy atom. The first-order valence-electron chi connectivity index (χ1n) is 5.23. The van der Waals surface area contributed by atoms with Crippen molar-refractivity contribution in [2.24, 2.45) is 0 Å². The highest BCUT2D eigenvalue weighted by atomic mass is 16.2. The van der Waals surface area contributed by atoms with Crippen molar-refractivity contribution in [2.75, 3.05) is 6.54 Å². The van der Waals surface area contributed by atoms with Crippen LogP contribution in [0.2, 0.25) is 0 Å². The van der Waals surface area contributed by atoms with Gasteiger partial charge in [0.25, 0.3) is 0 Å². The zero-order valence-corrected chi connectivity index (χ0v) is 8.24. The molecule has 3 heteroatoms. The second-order valence-electron chi connectivity index (χ2n) is 3.99. The number of ketones is 1. The molecule has 1 unspecified atom stereocenters. The van der Waals surface area contributed by atoms with Crippen molar-refractivity contribution < 1.29 is 9.59 Å². The molecule has 0 aromatic heterocycles. The van der Waals surface area contributed by atoms with Crippen LogP contribution in [-0.4, -0.2) is 29.2 Å². The summed E-state index contributed by atoms with van der Waals surface area (Å²) in [5.41, 5.74) is 0. The van der Waals surface area contributed by atoms with E-state index in [0.717, 1.165) is 19.3 Å². The standard InChI is InChI=1S/C11H15NO2/c13-10-6-7-12(11(14)8-10)9-4-2-1-3-5-9/h1-2,9H,3-8H2. The molecule has 1 atom stereocenters. The monoisotopic (exact) mass is 193 g/mol. The second-order valence-corrected chi connectivity index (χ2v) is 3.99. The third-order valence-corrected chi connectivity index (χ3v) is 2.98. The van der Waals surface area contributed by atoms with E-state index in [0.29, 0.717) is 19.0 Å². The van der Waals surface area contributed by atoms with Crippen molar-refractivity contribution in [3.8, 4) is 0 Å². The van der Waals surface area contributed by atoms with E-state index >= 15 is 0 Å². The van der Waals surface area contributed by atoms with Gasteiger partial charge in [-0.05, 0) is 19.3 Å². The number of carbonyl (C=O) groups is 2. The third-order valence-electron chi connectivity index (χ3n) is 2.98. The Bertz CT molecular complexity index is 283. The van der Waals surface area contributed by atoms with Crippen molar-refractivity contribution in [1.29, 1.82) is 0 Å². The number of likely N-dealkylation sites (tertiary alicyclic amines) is 1. The number of carbonyl (C=O) groups excluding carboxylic acids is 2. The molecule has 0 radical (unpaired) electrons. The van der Waals surface area contributed by atoms with Gasteiger partial charge in [0.05, 0.1) is 6.42 Å². The van der Waals surface area contributed by atoms with Gasteiger partial charge in [0.15, 0.2) is 0 Å². The van der Waals surface area contributed by atoms with Crippen LogP contribution in [0.4, 0.5) is 0 Å². The number of hydrogen-bond acceptors (Lipinski definition) is 2. The number of Topliss-reactive ketones (excluding diaryl/α,β-unsaturated/α-hetero) is 1. The molecule has 3 nitrogen and oxygen atoms in total. The molecule has 2 rings (SSSR count). The van der Waals surface area contributed by atoms with Gasteiger partial charge in [-0.15, -0.1) is 0 Å². The molecule has 0 spiro atoms. The van der Waals surface area contributed by atoms with E-state index < -0.39 is 0 Å². The molecule has 0 N–H and O–H groups in total. The van der Waals surface area contributed by atoms with Crippen LogP contribution in [0.5, 0.6) is 0 Å². The zero-order valence-electron chi connectivity index (χ0n) is 8.24. The van der Waals surface area contributed by atoms with Crippen molar-refractivity contribution in [2.45, 2.75) is 38.1 Å². The molecular weight excluding hydrogens is 178 g/mol. The van der Waals surface area contributed by atoms with Crippen LogP contribution in [0.15, 0.2) is 12.2 Å². The highest BCUT2D eigenvalue weighted by Gasteiger charge is 2.29. The van der Waals surface area contributed by atoms with Gasteiger partial charge in [-0.3, -0.25) is 9.59 Å². The average Bonchev–Trinajstić information content (AvgIpc) is 2.19. The van der Waals surface area contributed by atoms with Gasteiger partial charge in [0.1, 0.15) is 5.78 Å². The molecule has 1 saturated heterocycles. The lowest BCUT2D eigenvalue weighted by Gasteiger charge is -2.34. The van der Waals surface area contributed by atoms with Crippen LogP contribution in [0, 0.1) is 0 Å². The van der Waals surface area contributed by atoms with E-state index in [2.05, 4.69) is 12.2 Å². The van der Waals surface area contributed by atoms with Gasteiger partial charge in [0.2, 0.25) is 5.91 Å². The number of piperidine rings is 1. The quantitative estimate of drug-likeness (QED) is 0.465. The lowest BCUT2D eigenvalue weighted by Crippen LogP contribution is -2.45. The summed E-state index contributed by atoms with van der Waals surface area (Å²) in [6, 6.07) is 0.348. The second kappa shape index (κ2) is 3.95. The zero-order chi connectivity index (χ0) is 9.97. The van der Waals surface area contributed by atoms with E-state index in [9.17, 15) is 9.59 Å². The fourth-order valence-electron chi connectivity index (χ4n) is 2.18. The van der Waals surface area contributed by atoms with Crippen LogP contribution in [0.1, 0.15) is 32.1 Å². The molecule has 0 aromatic carbocycles. The highest BCUT2D eigenvalue weighted by Crippen LogP contribution is 2.21. The van der Waals surface area contributed by atoms with E-state index in [1.54, 1.807) is 0 Å². The van der Waals surface area contributed by atoms with E-state index in [1.165, 1.54) is 0 Å². The van der Waals surface area contributed by atoms with Crippen molar-refractivity contribution in [1.82, 2.24) is 4.90 Å². The predicted molar refractivity (Wildman–Crippen MR) is 52.7 cm³/mol. The molecule has 0 bridgehead atoms. The normalized spacial score (nSPS) is 28.3. The molecule has 1 heterocycles. The minimum atomic E-state index is 0.0292. The number of amides is 1. The molecule has 1 fully saturated rings. The first kappa shape index (κ1) is 9.44. The van der Waals surface area contributed by atoms with E-state index in [-0.39, 0.29) is 18.1 Å². The summed E-state index contributed by atoms with van der Waals surface area (Å²) < 4.78 is 0. The lowest BCUT2D eigenvalue weighted by molar-refractivity contribution is -0.141. The Kier molecular flexibility index (Phi) is 2.66. The Balaban J connectivity index is 2.00. The minimum Gasteiger partial charge on any atom is -0.339 e. The van der Waals surface area contributed by atoms with Crippen LogP contribution in [-0.2, 0) is 9.59 Å². The number of hydrogen-bond donors (Lipinski definition) is 0. The minimum absolute atomic E-state index is 0.0292. The first-order chi connectivity index (χ1) is 6.77. The topological polar surface area (TPSA) is 37.4 Å². The molecular formula is C11H15NO2. The van der Waals surface area contributed by atoms with Crippen LogP contribution < -0.4 is 0 Å². The predicted octanol–water partition coefficient (Wildman–Crippen LogP) is 1.29. The Morgan fingerprint density at radius 3 is 2.79 bits per heavy atom. The van der Waals surface area contributed by atoms with Gasteiger partial charge >= 0.3 is 0 Å². The molecule has 0 aromatic rings. The summed E-state index contributed by atoms with van der Waals surface area (Å²) in [5.74, 6) is 0.124. The highest BCUT2D eigenvalue weighted by molar-refractivity contribution is 6.00. The fraction of sp³-hybridized carbons (Fsp3) is 0.636. The van der Waals surface area contributed by atoms with Crippen LogP contribution >= 0.6 is 0 Å². The maximum absolute atomic E-state index is 11.6. The van der Waals surface area contributed by atoms with E-state index in [1.807, 2.05) is 4.90 Å². The summed E-state index contributed by atoms with van der Waals surface area (Å²) in [6.45, 7) is 0.635. The average molecular weight is 193 g/mol. The number of allylic oxidation sites excluding steroid dienone is 1. The first-order valence-corrected chi connectivity index (χ1v) is 5.23. The van der Waals surface area contributed by atoms with Crippen LogP contribution in [0.25, 0.3) is 0 Å². The van der Waals surface area contributed by atoms with Crippen molar-refractivity contribution in [3.63, 3.8) is 0 Å². The van der Waals surface area contributed by atoms with Gasteiger partial charge < -0.3 is 4.90 Å². The summed E-state index contributed by atoms with van der Waals surface area (Å²) in [7, 11) is 0. The van der Waals surface area contributed by atoms with Gasteiger partial charge in [-0.25, -0.2) is 0 Å². The van der Waals surface area contributed by atoms with Gasteiger partial charge in [0, 0.05) is 19.0 Å². The maximum atomic E-state index is 11.6. The Hall–Kier alpha value is -1.12. The summed E-state index contributed by atoms with van der Waals surface area (Å²) in [4.78, 5) is 24.5. The Labute approximate surface area is 83.8 Å². The number of rotatable bonds is 1. The molecule has 76 valence electrons. The Morgan fingerprint density at radius 2 is 2.14 bits per heavy atom. The third kappa shape index (κ3) is 1.86. The van der Waals surface area contributed by atoms with Crippen LogP contribution in [0.3, 0.4) is 0 Å². The van der Waals surface area contributed by atoms with Crippen molar-refractivity contribution >= 4 is 11.7 Å². The summed E-state index contributed by atoms with van der Waals surface area (Å²) >= 11 is 0. The molecule has 1 amide bonds. The smallest absolute Gasteiger partial charge is 0.230 e. The van der Waals surface area contributed by atoms with Gasteiger partial charge in [-0.1, -0.05) is 12.2 Å². The lowest BCUT2D eigenvalue weighted by atomic mass is 9.97. The largest absolute Gasteiger partial charge is 0.339 e. The maximum Gasteiger partial charge on any atom is 0.230 e. The molecule has 1 aliphatic carbocycles. The van der Waals surface area contributed by atoms with Gasteiger partial charge in [-0.2, -0.15) is 0 Å². The number of nitrogens with zero attached hydrogens (tertiary/aromatic N) is 1. The SMILES string of the molecule is O=C1CCN(C2CC=CCC2)C(=O)C1.